The number of methoxy groups -OCH3 is 1. The fourth-order valence-electron chi connectivity index (χ4n) is 2.12. The second-order valence-electron chi connectivity index (χ2n) is 4.39. The van der Waals surface area contributed by atoms with Crippen molar-refractivity contribution in [2.75, 3.05) is 38.8 Å². The van der Waals surface area contributed by atoms with Crippen molar-refractivity contribution in [3.63, 3.8) is 0 Å². The zero-order chi connectivity index (χ0) is 12.1. The van der Waals surface area contributed by atoms with Crippen molar-refractivity contribution in [3.8, 4) is 0 Å². The molecule has 0 unspecified atom stereocenters. The molecule has 0 saturated carbocycles. The zero-order valence-electron chi connectivity index (χ0n) is 10.5. The van der Waals surface area contributed by atoms with E-state index in [1.165, 1.54) is 0 Å². The van der Waals surface area contributed by atoms with Gasteiger partial charge in [0.05, 0.1) is 6.54 Å². The van der Waals surface area contributed by atoms with Crippen LogP contribution < -0.4 is 10.2 Å². The first-order valence-electron chi connectivity index (χ1n) is 6.04. The van der Waals surface area contributed by atoms with Crippen LogP contribution in [0.2, 0.25) is 0 Å². The lowest BCUT2D eigenvalue weighted by atomic mass is 9.98. The molecule has 0 aromatic carbocycles. The van der Waals surface area contributed by atoms with Gasteiger partial charge < -0.3 is 19.4 Å². The number of hydrogen-bond acceptors (Lipinski definition) is 6. The molecular weight excluding hydrogens is 220 g/mol. The van der Waals surface area contributed by atoms with Crippen LogP contribution in [0.15, 0.2) is 4.42 Å². The van der Waals surface area contributed by atoms with Crippen LogP contribution in [0.1, 0.15) is 18.7 Å². The summed E-state index contributed by atoms with van der Waals surface area (Å²) in [5.41, 5.74) is 0. The van der Waals surface area contributed by atoms with Crippen LogP contribution in [-0.4, -0.2) is 44.1 Å². The van der Waals surface area contributed by atoms with Crippen LogP contribution in [0.3, 0.4) is 0 Å². The van der Waals surface area contributed by atoms with E-state index in [1.54, 1.807) is 7.11 Å². The van der Waals surface area contributed by atoms with Gasteiger partial charge >= 0.3 is 6.01 Å². The molecule has 2 rings (SSSR count). The Morgan fingerprint density at radius 3 is 2.82 bits per heavy atom. The van der Waals surface area contributed by atoms with Gasteiger partial charge in [-0.1, -0.05) is 5.10 Å². The van der Waals surface area contributed by atoms with Crippen molar-refractivity contribution in [1.82, 2.24) is 15.5 Å². The number of hydrogen-bond donors (Lipinski definition) is 1. The largest absolute Gasteiger partial charge is 0.407 e. The maximum Gasteiger partial charge on any atom is 0.318 e. The first-order valence-corrected chi connectivity index (χ1v) is 6.04. The monoisotopic (exact) mass is 240 g/mol. The third-order valence-corrected chi connectivity index (χ3v) is 3.07. The molecule has 1 aromatic heterocycles. The minimum Gasteiger partial charge on any atom is -0.407 e. The average molecular weight is 240 g/mol. The number of ether oxygens (including phenoxy) is 1. The third kappa shape index (κ3) is 3.17. The molecule has 17 heavy (non-hydrogen) atoms. The fourth-order valence-corrected chi connectivity index (χ4v) is 2.12. The Labute approximate surface area is 101 Å². The Balaban J connectivity index is 1.86. The first-order chi connectivity index (χ1) is 8.33. The van der Waals surface area contributed by atoms with E-state index in [4.69, 9.17) is 9.15 Å². The molecule has 1 aliphatic heterocycles. The molecule has 6 nitrogen and oxygen atoms in total. The van der Waals surface area contributed by atoms with E-state index in [0.717, 1.165) is 32.5 Å². The number of piperidine rings is 1. The van der Waals surface area contributed by atoms with Gasteiger partial charge in [-0.25, -0.2) is 0 Å². The van der Waals surface area contributed by atoms with E-state index in [1.807, 2.05) is 7.05 Å². The number of nitrogens with one attached hydrogen (secondary N) is 1. The lowest BCUT2D eigenvalue weighted by Gasteiger charge is -2.30. The molecule has 1 aliphatic rings. The topological polar surface area (TPSA) is 63.4 Å². The molecule has 0 spiro atoms. The van der Waals surface area contributed by atoms with E-state index in [-0.39, 0.29) is 0 Å². The summed E-state index contributed by atoms with van der Waals surface area (Å²) >= 11 is 0. The maximum absolute atomic E-state index is 5.57. The van der Waals surface area contributed by atoms with Gasteiger partial charge in [0.15, 0.2) is 0 Å². The second kappa shape index (κ2) is 5.97. The van der Waals surface area contributed by atoms with Gasteiger partial charge in [-0.05, 0) is 25.8 Å². The highest BCUT2D eigenvalue weighted by molar-refractivity contribution is 5.24. The van der Waals surface area contributed by atoms with Gasteiger partial charge in [-0.3, -0.25) is 0 Å². The van der Waals surface area contributed by atoms with Crippen molar-refractivity contribution in [2.24, 2.45) is 5.92 Å². The van der Waals surface area contributed by atoms with Gasteiger partial charge in [0.2, 0.25) is 5.89 Å². The van der Waals surface area contributed by atoms with Crippen molar-refractivity contribution in [3.05, 3.63) is 5.89 Å². The highest BCUT2D eigenvalue weighted by Crippen LogP contribution is 2.22. The molecule has 0 atom stereocenters. The lowest BCUT2D eigenvalue weighted by molar-refractivity contribution is 0.138. The van der Waals surface area contributed by atoms with Gasteiger partial charge in [-0.2, -0.15) is 0 Å². The molecule has 2 heterocycles. The third-order valence-electron chi connectivity index (χ3n) is 3.07. The van der Waals surface area contributed by atoms with E-state index in [2.05, 4.69) is 20.4 Å². The van der Waals surface area contributed by atoms with Crippen molar-refractivity contribution in [1.29, 1.82) is 0 Å². The number of anilines is 1. The van der Waals surface area contributed by atoms with Crippen LogP contribution in [0.4, 0.5) is 6.01 Å². The van der Waals surface area contributed by atoms with Gasteiger partial charge in [0.1, 0.15) is 0 Å². The van der Waals surface area contributed by atoms with Crippen molar-refractivity contribution in [2.45, 2.75) is 19.4 Å². The van der Waals surface area contributed by atoms with Crippen LogP contribution in [0, 0.1) is 5.92 Å². The van der Waals surface area contributed by atoms with Crippen LogP contribution >= 0.6 is 0 Å². The minimum atomic E-state index is 0.618. The van der Waals surface area contributed by atoms with Gasteiger partial charge in [0.25, 0.3) is 0 Å². The quantitative estimate of drug-likeness (QED) is 0.815. The van der Waals surface area contributed by atoms with E-state index in [9.17, 15) is 0 Å². The number of nitrogens with zero attached hydrogens (tertiary/aromatic N) is 3. The molecule has 0 amide bonds. The van der Waals surface area contributed by atoms with Crippen LogP contribution in [0.5, 0.6) is 0 Å². The number of aromatic nitrogens is 2. The summed E-state index contributed by atoms with van der Waals surface area (Å²) in [6, 6.07) is 0.645. The summed E-state index contributed by atoms with van der Waals surface area (Å²) in [6.07, 6.45) is 2.25. The molecule has 1 N–H and O–H groups in total. The van der Waals surface area contributed by atoms with Gasteiger partial charge in [0, 0.05) is 26.8 Å². The smallest absolute Gasteiger partial charge is 0.318 e. The Morgan fingerprint density at radius 2 is 2.18 bits per heavy atom. The lowest BCUT2D eigenvalue weighted by Crippen LogP contribution is -2.35. The molecular formula is C11H20N4O2. The molecule has 0 bridgehead atoms. The summed E-state index contributed by atoms with van der Waals surface area (Å²) < 4.78 is 10.7. The Bertz CT molecular complexity index is 334. The van der Waals surface area contributed by atoms with Crippen molar-refractivity contribution < 1.29 is 9.15 Å². The van der Waals surface area contributed by atoms with Crippen molar-refractivity contribution >= 4 is 6.01 Å². The Hall–Kier alpha value is -1.14. The maximum atomic E-state index is 5.57. The fraction of sp³-hybridized carbons (Fsp3) is 0.818. The predicted molar refractivity (Wildman–Crippen MR) is 63.9 cm³/mol. The normalized spacial score (nSPS) is 17.6. The number of rotatable bonds is 5. The Kier molecular flexibility index (Phi) is 4.33. The average Bonchev–Trinajstić information content (AvgIpc) is 2.80. The standard InChI is InChI=1S/C11H20N4O2/c1-12-7-10-13-14-11(17-10)15-5-3-9(4-6-15)8-16-2/h9,12H,3-8H2,1-2H3. The molecule has 1 saturated heterocycles. The Morgan fingerprint density at radius 1 is 1.41 bits per heavy atom. The van der Waals surface area contributed by atoms with E-state index in [0.29, 0.717) is 24.4 Å². The molecule has 0 aliphatic carbocycles. The molecule has 6 heteroatoms. The molecule has 0 radical (unpaired) electrons. The second-order valence-corrected chi connectivity index (χ2v) is 4.39. The summed E-state index contributed by atoms with van der Waals surface area (Å²) in [5, 5.41) is 11.1. The highest BCUT2D eigenvalue weighted by atomic mass is 16.5. The van der Waals surface area contributed by atoms with Crippen LogP contribution in [-0.2, 0) is 11.3 Å². The minimum absolute atomic E-state index is 0.618. The van der Waals surface area contributed by atoms with Crippen LogP contribution in [0.25, 0.3) is 0 Å². The van der Waals surface area contributed by atoms with E-state index < -0.39 is 0 Å². The SMILES string of the molecule is CNCc1nnc(N2CCC(COC)CC2)o1. The molecule has 1 fully saturated rings. The highest BCUT2D eigenvalue weighted by Gasteiger charge is 2.22. The van der Waals surface area contributed by atoms with E-state index >= 15 is 0 Å². The predicted octanol–water partition coefficient (Wildman–Crippen LogP) is 0.652. The summed E-state index contributed by atoms with van der Waals surface area (Å²) in [7, 11) is 3.62. The first kappa shape index (κ1) is 12.3. The summed E-state index contributed by atoms with van der Waals surface area (Å²) in [5.74, 6) is 1.30. The molecule has 96 valence electrons. The van der Waals surface area contributed by atoms with Gasteiger partial charge in [-0.15, -0.1) is 5.10 Å². The summed E-state index contributed by atoms with van der Waals surface area (Å²) in [6.45, 7) is 3.40. The summed E-state index contributed by atoms with van der Waals surface area (Å²) in [4.78, 5) is 2.15. The molecule has 1 aromatic rings. The zero-order valence-corrected chi connectivity index (χ0v) is 10.5.